The highest BCUT2D eigenvalue weighted by atomic mass is 16.3. The van der Waals surface area contributed by atoms with Crippen molar-refractivity contribution in [2.75, 3.05) is 13.7 Å². The maximum absolute atomic E-state index is 8.89. The summed E-state index contributed by atoms with van der Waals surface area (Å²) in [6.07, 6.45) is 1.84. The van der Waals surface area contributed by atoms with Gasteiger partial charge in [0, 0.05) is 12.6 Å². The van der Waals surface area contributed by atoms with Crippen molar-refractivity contribution in [2.24, 2.45) is 0 Å². The van der Waals surface area contributed by atoms with E-state index in [-0.39, 0.29) is 12.6 Å². The normalized spacial score (nSPS) is 12.8. The lowest BCUT2D eigenvalue weighted by atomic mass is 10.0. The van der Waals surface area contributed by atoms with Crippen LogP contribution >= 0.6 is 0 Å². The molecule has 0 aliphatic carbocycles. The van der Waals surface area contributed by atoms with Gasteiger partial charge in [0.15, 0.2) is 0 Å². The smallest absolute Gasteiger partial charge is 0.0449 e. The Morgan fingerprint density at radius 3 is 2.36 bits per heavy atom. The molecule has 1 rings (SSSR count). The first kappa shape index (κ1) is 11.2. The van der Waals surface area contributed by atoms with Gasteiger partial charge in [-0.1, -0.05) is 31.2 Å². The highest BCUT2D eigenvalue weighted by Crippen LogP contribution is 2.16. The van der Waals surface area contributed by atoms with Gasteiger partial charge in [-0.25, -0.2) is 0 Å². The fourth-order valence-corrected chi connectivity index (χ4v) is 1.59. The van der Waals surface area contributed by atoms with E-state index in [1.54, 1.807) is 0 Å². The Morgan fingerprint density at radius 2 is 1.93 bits per heavy atom. The summed E-state index contributed by atoms with van der Waals surface area (Å²) in [7, 11) is 1.92. The minimum absolute atomic E-state index is 0.223. The molecular weight excluding hydrogens is 174 g/mol. The van der Waals surface area contributed by atoms with Crippen LogP contribution in [-0.4, -0.2) is 18.8 Å². The second kappa shape index (κ2) is 5.78. The van der Waals surface area contributed by atoms with Crippen LogP contribution in [0.5, 0.6) is 0 Å². The number of aliphatic hydroxyl groups is 1. The first-order valence-electron chi connectivity index (χ1n) is 5.18. The average molecular weight is 193 g/mol. The van der Waals surface area contributed by atoms with E-state index in [2.05, 4.69) is 36.5 Å². The van der Waals surface area contributed by atoms with Crippen LogP contribution < -0.4 is 5.32 Å². The van der Waals surface area contributed by atoms with E-state index < -0.39 is 0 Å². The minimum atomic E-state index is 0.223. The average Bonchev–Trinajstić information content (AvgIpc) is 2.26. The third kappa shape index (κ3) is 2.82. The van der Waals surface area contributed by atoms with E-state index in [4.69, 9.17) is 5.11 Å². The molecule has 0 saturated heterocycles. The molecule has 2 nitrogen and oxygen atoms in total. The van der Waals surface area contributed by atoms with Crippen molar-refractivity contribution < 1.29 is 5.11 Å². The molecule has 0 aromatic heterocycles. The molecule has 1 atom stereocenters. The summed E-state index contributed by atoms with van der Waals surface area (Å²) in [4.78, 5) is 0. The van der Waals surface area contributed by atoms with Crippen molar-refractivity contribution in [3.05, 3.63) is 35.4 Å². The summed E-state index contributed by atoms with van der Waals surface area (Å²) in [6.45, 7) is 2.37. The summed E-state index contributed by atoms with van der Waals surface area (Å²) >= 11 is 0. The second-order valence-corrected chi connectivity index (χ2v) is 3.45. The van der Waals surface area contributed by atoms with Crippen LogP contribution in [0.1, 0.15) is 30.5 Å². The number of rotatable bonds is 5. The monoisotopic (exact) mass is 193 g/mol. The second-order valence-electron chi connectivity index (χ2n) is 3.45. The number of hydrogen-bond acceptors (Lipinski definition) is 2. The maximum atomic E-state index is 8.89. The SMILES string of the molecule is CCc1ccc(C(CCO)NC)cc1. The molecule has 0 fully saturated rings. The topological polar surface area (TPSA) is 32.3 Å². The molecule has 0 amide bonds. The van der Waals surface area contributed by atoms with Gasteiger partial charge in [-0.05, 0) is 31.0 Å². The Kier molecular flexibility index (Phi) is 4.63. The van der Waals surface area contributed by atoms with Gasteiger partial charge in [0.1, 0.15) is 0 Å². The Bertz CT molecular complexity index is 256. The molecule has 0 aliphatic rings. The summed E-state index contributed by atoms with van der Waals surface area (Å²) < 4.78 is 0. The first-order chi connectivity index (χ1) is 6.81. The van der Waals surface area contributed by atoms with Gasteiger partial charge < -0.3 is 10.4 Å². The Labute approximate surface area is 86.0 Å². The lowest BCUT2D eigenvalue weighted by Gasteiger charge is -2.15. The van der Waals surface area contributed by atoms with Crippen molar-refractivity contribution >= 4 is 0 Å². The van der Waals surface area contributed by atoms with Crippen LogP contribution in [0.2, 0.25) is 0 Å². The third-order valence-electron chi connectivity index (χ3n) is 2.56. The van der Waals surface area contributed by atoms with E-state index in [0.29, 0.717) is 0 Å². The molecule has 2 heteroatoms. The van der Waals surface area contributed by atoms with Crippen LogP contribution in [-0.2, 0) is 6.42 Å². The zero-order valence-corrected chi connectivity index (χ0v) is 8.96. The van der Waals surface area contributed by atoms with E-state index in [9.17, 15) is 0 Å². The molecular formula is C12H19NO. The number of aryl methyl sites for hydroxylation is 1. The van der Waals surface area contributed by atoms with Crippen LogP contribution in [0.15, 0.2) is 24.3 Å². The van der Waals surface area contributed by atoms with E-state index in [1.165, 1.54) is 11.1 Å². The molecule has 0 saturated carbocycles. The van der Waals surface area contributed by atoms with Crippen molar-refractivity contribution in [2.45, 2.75) is 25.8 Å². The summed E-state index contributed by atoms with van der Waals surface area (Å²) in [5.41, 5.74) is 2.60. The van der Waals surface area contributed by atoms with Gasteiger partial charge >= 0.3 is 0 Å². The lowest BCUT2D eigenvalue weighted by Crippen LogP contribution is -2.17. The van der Waals surface area contributed by atoms with Crippen molar-refractivity contribution in [1.29, 1.82) is 0 Å². The summed E-state index contributed by atoms with van der Waals surface area (Å²) in [6, 6.07) is 8.84. The fraction of sp³-hybridized carbons (Fsp3) is 0.500. The summed E-state index contributed by atoms with van der Waals surface area (Å²) in [5, 5.41) is 12.1. The quantitative estimate of drug-likeness (QED) is 0.748. The van der Waals surface area contributed by atoms with Crippen LogP contribution in [0.25, 0.3) is 0 Å². The predicted molar refractivity (Wildman–Crippen MR) is 59.3 cm³/mol. The zero-order chi connectivity index (χ0) is 10.4. The molecule has 0 spiro atoms. The van der Waals surface area contributed by atoms with Crippen molar-refractivity contribution in [3.63, 3.8) is 0 Å². The minimum Gasteiger partial charge on any atom is -0.396 e. The van der Waals surface area contributed by atoms with E-state index in [0.717, 1.165) is 12.8 Å². The molecule has 0 aliphatic heterocycles. The van der Waals surface area contributed by atoms with Gasteiger partial charge in [-0.15, -0.1) is 0 Å². The molecule has 0 bridgehead atoms. The van der Waals surface area contributed by atoms with E-state index >= 15 is 0 Å². The standard InChI is InChI=1S/C12H19NO/c1-3-10-4-6-11(7-5-10)12(13-2)8-9-14/h4-7,12-14H,3,8-9H2,1-2H3. The number of nitrogens with one attached hydrogen (secondary N) is 1. The van der Waals surface area contributed by atoms with Crippen LogP contribution in [0, 0.1) is 0 Å². The van der Waals surface area contributed by atoms with Crippen LogP contribution in [0.4, 0.5) is 0 Å². The first-order valence-corrected chi connectivity index (χ1v) is 5.18. The molecule has 0 heterocycles. The Morgan fingerprint density at radius 1 is 1.29 bits per heavy atom. The zero-order valence-electron chi connectivity index (χ0n) is 8.96. The number of hydrogen-bond donors (Lipinski definition) is 2. The molecule has 0 radical (unpaired) electrons. The van der Waals surface area contributed by atoms with Gasteiger partial charge in [-0.3, -0.25) is 0 Å². The number of aliphatic hydroxyl groups excluding tert-OH is 1. The van der Waals surface area contributed by atoms with Gasteiger partial charge in [0.05, 0.1) is 0 Å². The van der Waals surface area contributed by atoms with Gasteiger partial charge in [-0.2, -0.15) is 0 Å². The van der Waals surface area contributed by atoms with Gasteiger partial charge in [0.25, 0.3) is 0 Å². The van der Waals surface area contributed by atoms with E-state index in [1.807, 2.05) is 7.05 Å². The van der Waals surface area contributed by atoms with Crippen molar-refractivity contribution in [3.8, 4) is 0 Å². The molecule has 1 unspecified atom stereocenters. The van der Waals surface area contributed by atoms with Crippen LogP contribution in [0.3, 0.4) is 0 Å². The number of benzene rings is 1. The molecule has 1 aromatic rings. The van der Waals surface area contributed by atoms with Gasteiger partial charge in [0.2, 0.25) is 0 Å². The molecule has 14 heavy (non-hydrogen) atoms. The molecule has 2 N–H and O–H groups in total. The van der Waals surface area contributed by atoms with Crippen molar-refractivity contribution in [1.82, 2.24) is 5.32 Å². The lowest BCUT2D eigenvalue weighted by molar-refractivity contribution is 0.269. The maximum Gasteiger partial charge on any atom is 0.0449 e. The summed E-state index contributed by atoms with van der Waals surface area (Å²) in [5.74, 6) is 0. The largest absolute Gasteiger partial charge is 0.396 e. The third-order valence-corrected chi connectivity index (χ3v) is 2.56. The Balaban J connectivity index is 2.73. The highest BCUT2D eigenvalue weighted by molar-refractivity contribution is 5.24. The highest BCUT2D eigenvalue weighted by Gasteiger charge is 2.07. The Hall–Kier alpha value is -0.860. The predicted octanol–water partition coefficient (Wildman–Crippen LogP) is 1.89. The molecule has 1 aromatic carbocycles. The molecule has 78 valence electrons. The fourth-order valence-electron chi connectivity index (χ4n) is 1.59.